The van der Waals surface area contributed by atoms with Gasteiger partial charge in [0, 0.05) is 39.5 Å². The number of carbonyl (C=O) groups is 3. The van der Waals surface area contributed by atoms with Crippen molar-refractivity contribution >= 4 is 17.8 Å². The Morgan fingerprint density at radius 3 is 2.42 bits per heavy atom. The first-order valence-corrected chi connectivity index (χ1v) is 6.66. The maximum atomic E-state index is 11.9. The monoisotopic (exact) mass is 267 g/mol. The van der Waals surface area contributed by atoms with Gasteiger partial charge >= 0.3 is 6.03 Å². The van der Waals surface area contributed by atoms with Crippen LogP contribution in [0.25, 0.3) is 0 Å². The topological polar surface area (TPSA) is 69.7 Å². The van der Waals surface area contributed by atoms with E-state index in [1.807, 2.05) is 6.92 Å². The van der Waals surface area contributed by atoms with Gasteiger partial charge in [0.2, 0.25) is 11.8 Å². The van der Waals surface area contributed by atoms with Crippen LogP contribution >= 0.6 is 0 Å². The molecule has 4 amide bonds. The van der Waals surface area contributed by atoms with Crippen LogP contribution in [0, 0.1) is 11.3 Å². The lowest BCUT2D eigenvalue weighted by molar-refractivity contribution is -0.145. The van der Waals surface area contributed by atoms with Gasteiger partial charge in [-0.2, -0.15) is 0 Å². The summed E-state index contributed by atoms with van der Waals surface area (Å²) < 4.78 is 0. The summed E-state index contributed by atoms with van der Waals surface area (Å²) in [6, 6.07) is -0.00547. The average molecular weight is 267 g/mol. The number of piperidine rings is 2. The van der Waals surface area contributed by atoms with Crippen LogP contribution in [0.4, 0.5) is 4.79 Å². The average Bonchev–Trinajstić information content (AvgIpc) is 2.36. The Balaban J connectivity index is 2.07. The SMILES string of the molecule is CC1C(=O)NC(=O)CC12CCN(C(=O)N(C)C)CC2. The number of hydrogen-bond acceptors (Lipinski definition) is 3. The lowest BCUT2D eigenvalue weighted by Crippen LogP contribution is -2.56. The first-order chi connectivity index (χ1) is 8.85. The fourth-order valence-corrected chi connectivity index (χ4v) is 3.08. The van der Waals surface area contributed by atoms with Gasteiger partial charge in [-0.25, -0.2) is 4.79 Å². The Labute approximate surface area is 113 Å². The molecule has 2 aliphatic heterocycles. The van der Waals surface area contributed by atoms with E-state index in [-0.39, 0.29) is 29.2 Å². The molecule has 1 atom stereocenters. The highest BCUT2D eigenvalue weighted by molar-refractivity contribution is 5.99. The van der Waals surface area contributed by atoms with E-state index < -0.39 is 0 Å². The largest absolute Gasteiger partial charge is 0.331 e. The van der Waals surface area contributed by atoms with Crippen molar-refractivity contribution in [2.45, 2.75) is 26.2 Å². The number of amides is 4. The van der Waals surface area contributed by atoms with Gasteiger partial charge in [-0.05, 0) is 18.3 Å². The second-order valence-corrected chi connectivity index (χ2v) is 5.84. The number of nitrogens with zero attached hydrogens (tertiary/aromatic N) is 2. The van der Waals surface area contributed by atoms with Gasteiger partial charge in [0.05, 0.1) is 0 Å². The number of nitrogens with one attached hydrogen (secondary N) is 1. The molecule has 0 aromatic rings. The molecule has 0 radical (unpaired) electrons. The molecule has 2 rings (SSSR count). The predicted molar refractivity (Wildman–Crippen MR) is 69.3 cm³/mol. The number of urea groups is 1. The van der Waals surface area contributed by atoms with Crippen LogP contribution < -0.4 is 5.32 Å². The van der Waals surface area contributed by atoms with Crippen molar-refractivity contribution in [1.29, 1.82) is 0 Å². The van der Waals surface area contributed by atoms with E-state index in [1.165, 1.54) is 0 Å². The molecular formula is C13H21N3O3. The first-order valence-electron chi connectivity index (χ1n) is 6.66. The molecule has 0 aromatic carbocycles. The summed E-state index contributed by atoms with van der Waals surface area (Å²) in [5.41, 5.74) is -0.261. The first kappa shape index (κ1) is 13.8. The molecule has 0 aliphatic carbocycles. The zero-order valence-electron chi connectivity index (χ0n) is 11.7. The minimum atomic E-state index is -0.261. The van der Waals surface area contributed by atoms with Crippen molar-refractivity contribution in [1.82, 2.24) is 15.1 Å². The van der Waals surface area contributed by atoms with Crippen LogP contribution in [0.3, 0.4) is 0 Å². The molecule has 6 nitrogen and oxygen atoms in total. The van der Waals surface area contributed by atoms with E-state index in [9.17, 15) is 14.4 Å². The van der Waals surface area contributed by atoms with E-state index >= 15 is 0 Å². The lowest BCUT2D eigenvalue weighted by atomic mass is 9.65. The molecule has 0 aromatic heterocycles. The number of rotatable bonds is 0. The molecule has 1 N–H and O–H groups in total. The van der Waals surface area contributed by atoms with Crippen molar-refractivity contribution < 1.29 is 14.4 Å². The normalized spacial score (nSPS) is 26.3. The maximum absolute atomic E-state index is 11.9. The summed E-state index contributed by atoms with van der Waals surface area (Å²) in [7, 11) is 3.46. The van der Waals surface area contributed by atoms with E-state index in [0.29, 0.717) is 32.4 Å². The van der Waals surface area contributed by atoms with Crippen LogP contribution in [0.5, 0.6) is 0 Å². The minimum Gasteiger partial charge on any atom is -0.331 e. The summed E-state index contributed by atoms with van der Waals surface area (Å²) in [5, 5.41) is 2.39. The Morgan fingerprint density at radius 2 is 1.89 bits per heavy atom. The van der Waals surface area contributed by atoms with Crippen molar-refractivity contribution in [3.8, 4) is 0 Å². The third kappa shape index (κ3) is 2.43. The van der Waals surface area contributed by atoms with E-state index in [4.69, 9.17) is 0 Å². The number of hydrogen-bond donors (Lipinski definition) is 1. The Hall–Kier alpha value is -1.59. The predicted octanol–water partition coefficient (Wildman–Crippen LogP) is 0.433. The van der Waals surface area contributed by atoms with Gasteiger partial charge in [-0.15, -0.1) is 0 Å². The van der Waals surface area contributed by atoms with Crippen LogP contribution in [0.2, 0.25) is 0 Å². The van der Waals surface area contributed by atoms with Crippen LogP contribution in [0.15, 0.2) is 0 Å². The molecule has 1 spiro atoms. The highest BCUT2D eigenvalue weighted by Gasteiger charge is 2.48. The van der Waals surface area contributed by atoms with Gasteiger partial charge in [0.25, 0.3) is 0 Å². The summed E-state index contributed by atoms with van der Waals surface area (Å²) >= 11 is 0. The lowest BCUT2D eigenvalue weighted by Gasteiger charge is -2.46. The maximum Gasteiger partial charge on any atom is 0.319 e. The minimum absolute atomic E-state index is 0.00547. The molecule has 2 saturated heterocycles. The molecule has 2 fully saturated rings. The summed E-state index contributed by atoms with van der Waals surface area (Å²) in [4.78, 5) is 38.6. The zero-order chi connectivity index (χ0) is 14.2. The second-order valence-electron chi connectivity index (χ2n) is 5.84. The van der Waals surface area contributed by atoms with Crippen molar-refractivity contribution in [3.63, 3.8) is 0 Å². The second kappa shape index (κ2) is 4.83. The van der Waals surface area contributed by atoms with E-state index in [0.717, 1.165) is 0 Å². The van der Waals surface area contributed by atoms with Gasteiger partial charge in [0.15, 0.2) is 0 Å². The zero-order valence-corrected chi connectivity index (χ0v) is 11.7. The fourth-order valence-electron chi connectivity index (χ4n) is 3.08. The quantitative estimate of drug-likeness (QED) is 0.647. The van der Waals surface area contributed by atoms with Gasteiger partial charge in [-0.1, -0.05) is 6.92 Å². The highest BCUT2D eigenvalue weighted by atomic mass is 16.2. The third-order valence-corrected chi connectivity index (χ3v) is 4.50. The van der Waals surface area contributed by atoms with E-state index in [1.54, 1.807) is 23.9 Å². The molecule has 106 valence electrons. The smallest absolute Gasteiger partial charge is 0.319 e. The van der Waals surface area contributed by atoms with Crippen LogP contribution in [0.1, 0.15) is 26.2 Å². The molecule has 19 heavy (non-hydrogen) atoms. The van der Waals surface area contributed by atoms with Crippen LogP contribution in [-0.4, -0.2) is 54.8 Å². The Bertz CT molecular complexity index is 411. The summed E-state index contributed by atoms with van der Waals surface area (Å²) in [6.45, 7) is 3.11. The highest BCUT2D eigenvalue weighted by Crippen LogP contribution is 2.44. The molecule has 6 heteroatoms. The summed E-state index contributed by atoms with van der Waals surface area (Å²) in [6.07, 6.45) is 1.82. The van der Waals surface area contributed by atoms with Crippen molar-refractivity contribution in [2.75, 3.05) is 27.2 Å². The number of likely N-dealkylation sites (tertiary alicyclic amines) is 1. The van der Waals surface area contributed by atoms with Crippen molar-refractivity contribution in [3.05, 3.63) is 0 Å². The summed E-state index contributed by atoms with van der Waals surface area (Å²) in [5.74, 6) is -0.527. The molecule has 0 saturated carbocycles. The van der Waals surface area contributed by atoms with Crippen LogP contribution in [-0.2, 0) is 9.59 Å². The van der Waals surface area contributed by atoms with Gasteiger partial charge in [-0.3, -0.25) is 14.9 Å². The number of carbonyl (C=O) groups excluding carboxylic acids is 3. The Kier molecular flexibility index (Phi) is 3.52. The fraction of sp³-hybridized carbons (Fsp3) is 0.769. The molecule has 1 unspecified atom stereocenters. The third-order valence-electron chi connectivity index (χ3n) is 4.50. The molecule has 2 heterocycles. The number of imide groups is 1. The van der Waals surface area contributed by atoms with Crippen molar-refractivity contribution in [2.24, 2.45) is 11.3 Å². The standard InChI is InChI=1S/C13H21N3O3/c1-9-11(18)14-10(17)8-13(9)4-6-16(7-5-13)12(19)15(2)3/h9H,4-8H2,1-3H3,(H,14,17,18). The molecule has 0 bridgehead atoms. The van der Waals surface area contributed by atoms with Gasteiger partial charge < -0.3 is 9.80 Å². The Morgan fingerprint density at radius 1 is 1.32 bits per heavy atom. The van der Waals surface area contributed by atoms with Gasteiger partial charge in [0.1, 0.15) is 0 Å². The van der Waals surface area contributed by atoms with E-state index in [2.05, 4.69) is 5.32 Å². The molecule has 2 aliphatic rings. The molecular weight excluding hydrogens is 246 g/mol.